The average molecular weight is 298 g/mol. The molecule has 1 N–H and O–H groups in total. The van der Waals surface area contributed by atoms with Crippen LogP contribution in [0.1, 0.15) is 18.2 Å². The van der Waals surface area contributed by atoms with Crippen LogP contribution in [0, 0.1) is 6.92 Å². The highest BCUT2D eigenvalue weighted by Gasteiger charge is 2.18. The van der Waals surface area contributed by atoms with Crippen LogP contribution in [0.3, 0.4) is 0 Å². The first-order valence-electron chi connectivity index (χ1n) is 4.23. The summed E-state index contributed by atoms with van der Waals surface area (Å²) in [5.41, 5.74) is 0. The van der Waals surface area contributed by atoms with Crippen LogP contribution >= 0.6 is 27.3 Å². The average Bonchev–Trinajstić information content (AvgIpc) is 2.42. The Morgan fingerprint density at radius 3 is 2.64 bits per heavy atom. The van der Waals surface area contributed by atoms with Crippen LogP contribution in [-0.4, -0.2) is 15.0 Å². The predicted molar refractivity (Wildman–Crippen MR) is 62.2 cm³/mol. The number of rotatable bonds is 4. The molecular formula is C8H12BrNO2S2. The molecule has 80 valence electrons. The minimum absolute atomic E-state index is 0.378. The van der Waals surface area contributed by atoms with Crippen molar-refractivity contribution in [3.8, 4) is 0 Å². The van der Waals surface area contributed by atoms with E-state index in [9.17, 15) is 8.42 Å². The molecule has 1 aromatic heterocycles. The maximum atomic E-state index is 11.7. The van der Waals surface area contributed by atoms with Crippen molar-refractivity contribution in [1.82, 2.24) is 4.72 Å². The molecule has 0 aromatic carbocycles. The van der Waals surface area contributed by atoms with Gasteiger partial charge in [-0.25, -0.2) is 13.1 Å². The van der Waals surface area contributed by atoms with Crippen molar-refractivity contribution in [2.24, 2.45) is 0 Å². The van der Waals surface area contributed by atoms with E-state index in [2.05, 4.69) is 20.7 Å². The second-order valence-corrected chi connectivity index (χ2v) is 7.24. The Kier molecular flexibility index (Phi) is 4.12. The van der Waals surface area contributed by atoms with Gasteiger partial charge in [-0.15, -0.1) is 11.3 Å². The van der Waals surface area contributed by atoms with Crippen molar-refractivity contribution in [2.75, 3.05) is 6.54 Å². The molecule has 0 saturated carbocycles. The lowest BCUT2D eigenvalue weighted by molar-refractivity contribution is 0.580. The van der Waals surface area contributed by atoms with Gasteiger partial charge in [0.25, 0.3) is 0 Å². The molecular weight excluding hydrogens is 286 g/mol. The van der Waals surface area contributed by atoms with Crippen molar-refractivity contribution in [3.63, 3.8) is 0 Å². The van der Waals surface area contributed by atoms with Crippen molar-refractivity contribution >= 4 is 37.3 Å². The molecule has 1 heterocycles. The van der Waals surface area contributed by atoms with Crippen molar-refractivity contribution in [2.45, 2.75) is 25.2 Å². The summed E-state index contributed by atoms with van der Waals surface area (Å²) >= 11 is 4.70. The van der Waals surface area contributed by atoms with Gasteiger partial charge in [-0.05, 0) is 35.3 Å². The minimum Gasteiger partial charge on any atom is -0.211 e. The molecule has 0 fully saturated rings. The fraction of sp³-hybridized carbons (Fsp3) is 0.500. The topological polar surface area (TPSA) is 46.2 Å². The molecule has 0 aliphatic carbocycles. The Morgan fingerprint density at radius 1 is 1.57 bits per heavy atom. The molecule has 0 aliphatic rings. The Morgan fingerprint density at radius 2 is 2.21 bits per heavy atom. The van der Waals surface area contributed by atoms with Crippen LogP contribution in [0.15, 0.2) is 14.7 Å². The van der Waals surface area contributed by atoms with E-state index < -0.39 is 10.0 Å². The maximum Gasteiger partial charge on any atom is 0.241 e. The molecule has 0 unspecified atom stereocenters. The van der Waals surface area contributed by atoms with Gasteiger partial charge in [0.2, 0.25) is 10.0 Å². The van der Waals surface area contributed by atoms with Crippen molar-refractivity contribution < 1.29 is 8.42 Å². The van der Waals surface area contributed by atoms with E-state index >= 15 is 0 Å². The summed E-state index contributed by atoms with van der Waals surface area (Å²) in [5.74, 6) is 0. The summed E-state index contributed by atoms with van der Waals surface area (Å²) < 4.78 is 26.8. The smallest absolute Gasteiger partial charge is 0.211 e. The molecule has 0 saturated heterocycles. The van der Waals surface area contributed by atoms with Gasteiger partial charge in [-0.2, -0.15) is 0 Å². The quantitative estimate of drug-likeness (QED) is 0.928. The molecule has 0 radical (unpaired) electrons. The zero-order valence-corrected chi connectivity index (χ0v) is 11.2. The first-order chi connectivity index (χ1) is 6.47. The van der Waals surface area contributed by atoms with Gasteiger partial charge in [0.1, 0.15) is 0 Å². The molecule has 0 atom stereocenters. The van der Waals surface area contributed by atoms with Crippen LogP contribution in [0.2, 0.25) is 0 Å². The number of halogens is 1. The van der Waals surface area contributed by atoms with Gasteiger partial charge in [0, 0.05) is 11.4 Å². The van der Waals surface area contributed by atoms with E-state index in [0.717, 1.165) is 15.1 Å². The Bertz CT molecular complexity index is 411. The first-order valence-corrected chi connectivity index (χ1v) is 7.32. The summed E-state index contributed by atoms with van der Waals surface area (Å²) in [6, 6.07) is 1.64. The molecule has 1 rings (SSSR count). The zero-order chi connectivity index (χ0) is 10.8. The number of hydrogen-bond acceptors (Lipinski definition) is 3. The Hall–Kier alpha value is 0.0900. The monoisotopic (exact) mass is 297 g/mol. The number of aryl methyl sites for hydroxylation is 1. The molecule has 0 bridgehead atoms. The van der Waals surface area contributed by atoms with E-state index in [1.165, 1.54) is 11.3 Å². The predicted octanol–water partition coefficient (Wildman–Crippen LogP) is 2.51. The largest absolute Gasteiger partial charge is 0.241 e. The van der Waals surface area contributed by atoms with Crippen LogP contribution in [0.5, 0.6) is 0 Å². The molecule has 0 amide bonds. The molecule has 0 spiro atoms. The lowest BCUT2D eigenvalue weighted by Gasteiger charge is -2.03. The molecule has 1 aromatic rings. The zero-order valence-electron chi connectivity index (χ0n) is 8.00. The van der Waals surface area contributed by atoms with E-state index in [0.29, 0.717) is 11.4 Å². The third-order valence-corrected chi connectivity index (χ3v) is 4.94. The number of thiophene rings is 1. The minimum atomic E-state index is -3.30. The summed E-state index contributed by atoms with van der Waals surface area (Å²) in [5, 5.41) is 0. The Balaban J connectivity index is 2.98. The van der Waals surface area contributed by atoms with E-state index in [4.69, 9.17) is 0 Å². The second kappa shape index (κ2) is 4.74. The van der Waals surface area contributed by atoms with Crippen molar-refractivity contribution in [3.05, 3.63) is 14.7 Å². The summed E-state index contributed by atoms with van der Waals surface area (Å²) in [7, 11) is -3.30. The highest BCUT2D eigenvalue weighted by molar-refractivity contribution is 9.11. The number of hydrogen-bond donors (Lipinski definition) is 1. The van der Waals surface area contributed by atoms with Crippen LogP contribution < -0.4 is 4.72 Å². The summed E-state index contributed by atoms with van der Waals surface area (Å²) in [4.78, 5) is 1.18. The van der Waals surface area contributed by atoms with Gasteiger partial charge in [-0.3, -0.25) is 0 Å². The second-order valence-electron chi connectivity index (χ2n) is 2.87. The molecule has 0 aliphatic heterocycles. The van der Waals surface area contributed by atoms with Crippen LogP contribution in [0.4, 0.5) is 0 Å². The highest BCUT2D eigenvalue weighted by atomic mass is 79.9. The van der Waals surface area contributed by atoms with Gasteiger partial charge in [-0.1, -0.05) is 6.92 Å². The maximum absolute atomic E-state index is 11.7. The van der Waals surface area contributed by atoms with Gasteiger partial charge in [0.15, 0.2) is 0 Å². The third-order valence-electron chi connectivity index (χ3n) is 1.67. The molecule has 6 heteroatoms. The fourth-order valence-electron chi connectivity index (χ4n) is 1.01. The van der Waals surface area contributed by atoms with Gasteiger partial charge >= 0.3 is 0 Å². The van der Waals surface area contributed by atoms with Gasteiger partial charge in [0.05, 0.1) is 8.68 Å². The normalized spacial score (nSPS) is 11.9. The number of sulfonamides is 1. The Labute approximate surface area is 96.7 Å². The summed E-state index contributed by atoms with van der Waals surface area (Å²) in [6.07, 6.45) is 0.795. The summed E-state index contributed by atoms with van der Waals surface area (Å²) in [6.45, 7) is 4.21. The van der Waals surface area contributed by atoms with Crippen LogP contribution in [0.25, 0.3) is 0 Å². The van der Waals surface area contributed by atoms with E-state index in [1.54, 1.807) is 13.0 Å². The molecule has 3 nitrogen and oxygen atoms in total. The first kappa shape index (κ1) is 12.2. The molecule has 14 heavy (non-hydrogen) atoms. The fourth-order valence-corrected chi connectivity index (χ4v) is 4.56. The standard InChI is InChI=1S/C8H12BrNO2S2/c1-3-4-10-14(11,12)7-5-8(9)13-6(7)2/h5,10H,3-4H2,1-2H3. The van der Waals surface area contributed by atoms with Crippen molar-refractivity contribution in [1.29, 1.82) is 0 Å². The van der Waals surface area contributed by atoms with Gasteiger partial charge < -0.3 is 0 Å². The lowest BCUT2D eigenvalue weighted by atomic mass is 10.5. The van der Waals surface area contributed by atoms with E-state index in [-0.39, 0.29) is 0 Å². The van der Waals surface area contributed by atoms with Crippen LogP contribution in [-0.2, 0) is 10.0 Å². The third kappa shape index (κ3) is 2.79. The SMILES string of the molecule is CCCNS(=O)(=O)c1cc(Br)sc1C. The van der Waals surface area contributed by atoms with E-state index in [1.807, 2.05) is 6.92 Å². The highest BCUT2D eigenvalue weighted by Crippen LogP contribution is 2.29. The lowest BCUT2D eigenvalue weighted by Crippen LogP contribution is -2.24. The number of nitrogens with one attached hydrogen (secondary N) is 1.